The number of carbonyl (C=O) groups excluding carboxylic acids is 1. The lowest BCUT2D eigenvalue weighted by Gasteiger charge is -2.17. The molecule has 0 aliphatic carbocycles. The quantitative estimate of drug-likeness (QED) is 0.663. The summed E-state index contributed by atoms with van der Waals surface area (Å²) in [5.41, 5.74) is 8.44. The van der Waals surface area contributed by atoms with Gasteiger partial charge >= 0.3 is 0 Å². The molecule has 136 valence electrons. The first-order valence-electron chi connectivity index (χ1n) is 8.20. The van der Waals surface area contributed by atoms with E-state index in [1.165, 1.54) is 0 Å². The third kappa shape index (κ3) is 3.50. The molecule has 3 rings (SSSR count). The molecule has 0 unspecified atom stereocenters. The summed E-state index contributed by atoms with van der Waals surface area (Å²) in [7, 11) is 1.61. The first-order valence-corrected chi connectivity index (χ1v) is 8.20. The van der Waals surface area contributed by atoms with Gasteiger partial charge in [-0.2, -0.15) is 0 Å². The second kappa shape index (κ2) is 6.72. The highest BCUT2D eigenvalue weighted by Crippen LogP contribution is 2.31. The number of aromatic nitrogens is 4. The molecule has 1 amide bonds. The molecule has 0 atom stereocenters. The summed E-state index contributed by atoms with van der Waals surface area (Å²) in [6.45, 7) is 6.69. The number of aromatic amines is 1. The minimum Gasteiger partial charge on any atom is -0.383 e. The largest absolute Gasteiger partial charge is 0.383 e. The van der Waals surface area contributed by atoms with Gasteiger partial charge < -0.3 is 20.8 Å². The third-order valence-electron chi connectivity index (χ3n) is 3.95. The van der Waals surface area contributed by atoms with Gasteiger partial charge in [0, 0.05) is 19.5 Å². The molecule has 3 aromatic rings. The number of amides is 1. The highest BCUT2D eigenvalue weighted by Gasteiger charge is 2.23. The monoisotopic (exact) mass is 354 g/mol. The van der Waals surface area contributed by atoms with Crippen LogP contribution in [0.1, 0.15) is 42.5 Å². The number of hydrogen-bond donors (Lipinski definition) is 3. The third-order valence-corrected chi connectivity index (χ3v) is 3.95. The molecule has 4 N–H and O–H groups in total. The van der Waals surface area contributed by atoms with Crippen LogP contribution in [0, 0.1) is 0 Å². The predicted molar refractivity (Wildman–Crippen MR) is 99.9 cm³/mol. The number of H-pyrrole nitrogens is 1. The zero-order chi connectivity index (χ0) is 18.9. The Morgan fingerprint density at radius 2 is 2.08 bits per heavy atom. The molecule has 0 radical (unpaired) electrons. The van der Waals surface area contributed by atoms with Gasteiger partial charge in [0.05, 0.1) is 12.0 Å². The van der Waals surface area contributed by atoms with Gasteiger partial charge in [0.15, 0.2) is 0 Å². The molecule has 3 aromatic heterocycles. The number of ether oxygens (including phenoxy) is 1. The van der Waals surface area contributed by atoms with E-state index in [0.29, 0.717) is 18.1 Å². The number of carbonyl (C=O) groups is 1. The Balaban J connectivity index is 1.87. The van der Waals surface area contributed by atoms with Gasteiger partial charge in [0.25, 0.3) is 5.91 Å². The van der Waals surface area contributed by atoms with Crippen molar-refractivity contribution in [3.63, 3.8) is 0 Å². The van der Waals surface area contributed by atoms with Crippen LogP contribution >= 0.6 is 0 Å². The first-order chi connectivity index (χ1) is 12.3. The Bertz CT molecular complexity index is 941. The number of nitrogens with one attached hydrogen (secondary N) is 2. The zero-order valence-electron chi connectivity index (χ0n) is 15.3. The van der Waals surface area contributed by atoms with Crippen LogP contribution in [0.3, 0.4) is 0 Å². The van der Waals surface area contributed by atoms with Crippen LogP contribution in [-0.2, 0) is 16.8 Å². The summed E-state index contributed by atoms with van der Waals surface area (Å²) in [4.78, 5) is 28.2. The van der Waals surface area contributed by atoms with Crippen LogP contribution in [0.5, 0.6) is 0 Å². The van der Waals surface area contributed by atoms with E-state index in [9.17, 15) is 4.79 Å². The SMILES string of the molecule is COCc1ccc(NC(=O)c2nc(N)c3c(C(C)(C)C)c[nH]c3n2)nc1. The highest BCUT2D eigenvalue weighted by atomic mass is 16.5. The molecule has 0 spiro atoms. The van der Waals surface area contributed by atoms with Crippen molar-refractivity contribution in [3.05, 3.63) is 41.5 Å². The average Bonchev–Trinajstić information content (AvgIpc) is 3.02. The molecule has 0 aliphatic heterocycles. The Kier molecular flexibility index (Phi) is 4.60. The molecule has 8 nitrogen and oxygen atoms in total. The maximum absolute atomic E-state index is 12.5. The molecular formula is C18H22N6O2. The summed E-state index contributed by atoms with van der Waals surface area (Å²) in [6.07, 6.45) is 3.49. The fourth-order valence-corrected chi connectivity index (χ4v) is 2.68. The smallest absolute Gasteiger partial charge is 0.294 e. The van der Waals surface area contributed by atoms with E-state index in [4.69, 9.17) is 10.5 Å². The van der Waals surface area contributed by atoms with Crippen molar-refractivity contribution in [1.29, 1.82) is 0 Å². The molecule has 26 heavy (non-hydrogen) atoms. The van der Waals surface area contributed by atoms with E-state index < -0.39 is 5.91 Å². The average molecular weight is 354 g/mol. The molecule has 0 aliphatic rings. The molecule has 0 saturated heterocycles. The van der Waals surface area contributed by atoms with Gasteiger partial charge in [-0.3, -0.25) is 4.79 Å². The van der Waals surface area contributed by atoms with Crippen molar-refractivity contribution in [2.45, 2.75) is 32.8 Å². The van der Waals surface area contributed by atoms with Gasteiger partial charge in [0.1, 0.15) is 17.3 Å². The molecule has 3 heterocycles. The maximum Gasteiger partial charge on any atom is 0.294 e. The minimum atomic E-state index is -0.475. The number of methoxy groups -OCH3 is 1. The number of nitrogens with two attached hydrogens (primary N) is 1. The molecular weight excluding hydrogens is 332 g/mol. The Morgan fingerprint density at radius 3 is 2.69 bits per heavy atom. The van der Waals surface area contributed by atoms with Crippen molar-refractivity contribution >= 4 is 28.6 Å². The zero-order valence-corrected chi connectivity index (χ0v) is 15.3. The topological polar surface area (TPSA) is 119 Å². The van der Waals surface area contributed by atoms with Crippen LogP contribution in [0.15, 0.2) is 24.5 Å². The van der Waals surface area contributed by atoms with Crippen molar-refractivity contribution in [2.24, 2.45) is 0 Å². The van der Waals surface area contributed by atoms with E-state index in [-0.39, 0.29) is 17.1 Å². The van der Waals surface area contributed by atoms with E-state index >= 15 is 0 Å². The lowest BCUT2D eigenvalue weighted by molar-refractivity contribution is 0.101. The lowest BCUT2D eigenvalue weighted by Crippen LogP contribution is -2.18. The number of fused-ring (bicyclic) bond motifs is 1. The normalized spacial score (nSPS) is 11.7. The second-order valence-corrected chi connectivity index (χ2v) is 7.05. The fourth-order valence-electron chi connectivity index (χ4n) is 2.68. The molecule has 0 saturated carbocycles. The van der Waals surface area contributed by atoms with Crippen molar-refractivity contribution in [2.75, 3.05) is 18.2 Å². The van der Waals surface area contributed by atoms with Crippen molar-refractivity contribution < 1.29 is 9.53 Å². The Hall–Kier alpha value is -3.00. The number of rotatable bonds is 4. The molecule has 0 fully saturated rings. The maximum atomic E-state index is 12.5. The molecule has 8 heteroatoms. The summed E-state index contributed by atoms with van der Waals surface area (Å²) in [5.74, 6) is 0.186. The second-order valence-electron chi connectivity index (χ2n) is 7.05. The summed E-state index contributed by atoms with van der Waals surface area (Å²) in [6, 6.07) is 3.52. The fraction of sp³-hybridized carbons (Fsp3) is 0.333. The van der Waals surface area contributed by atoms with Gasteiger partial charge in [-0.25, -0.2) is 15.0 Å². The number of nitrogens with zero attached hydrogens (tertiary/aromatic N) is 3. The van der Waals surface area contributed by atoms with Crippen LogP contribution in [0.2, 0.25) is 0 Å². The van der Waals surface area contributed by atoms with E-state index in [1.807, 2.05) is 12.3 Å². The van der Waals surface area contributed by atoms with Crippen LogP contribution in [0.4, 0.5) is 11.6 Å². The van der Waals surface area contributed by atoms with Crippen LogP contribution in [0.25, 0.3) is 11.0 Å². The van der Waals surface area contributed by atoms with Gasteiger partial charge in [0.2, 0.25) is 5.82 Å². The van der Waals surface area contributed by atoms with E-state index in [1.54, 1.807) is 19.4 Å². The summed E-state index contributed by atoms with van der Waals surface area (Å²) < 4.78 is 5.03. The van der Waals surface area contributed by atoms with E-state index in [2.05, 4.69) is 46.0 Å². The number of hydrogen-bond acceptors (Lipinski definition) is 6. The highest BCUT2D eigenvalue weighted by molar-refractivity contribution is 6.03. The van der Waals surface area contributed by atoms with Crippen molar-refractivity contribution in [1.82, 2.24) is 19.9 Å². The summed E-state index contributed by atoms with van der Waals surface area (Å²) >= 11 is 0. The van der Waals surface area contributed by atoms with Crippen LogP contribution < -0.4 is 11.1 Å². The molecule has 0 aromatic carbocycles. The Labute approximate surface area is 151 Å². The minimum absolute atomic E-state index is 0.0138. The standard InChI is InChI=1S/C18H22N6O2/c1-18(2,3)11-8-21-15-13(11)14(19)23-16(24-15)17(25)22-12-6-5-10(7-20-12)9-26-4/h5-8H,9H2,1-4H3,(H,20,22,25)(H3,19,21,23,24). The Morgan fingerprint density at radius 1 is 1.31 bits per heavy atom. The van der Waals surface area contributed by atoms with Crippen LogP contribution in [-0.4, -0.2) is 33.0 Å². The number of pyridine rings is 1. The lowest BCUT2D eigenvalue weighted by atomic mass is 9.87. The predicted octanol–water partition coefficient (Wildman–Crippen LogP) is 2.63. The number of anilines is 2. The first kappa shape index (κ1) is 17.8. The van der Waals surface area contributed by atoms with Gasteiger partial charge in [-0.05, 0) is 22.6 Å². The van der Waals surface area contributed by atoms with Gasteiger partial charge in [-0.1, -0.05) is 26.8 Å². The van der Waals surface area contributed by atoms with Crippen molar-refractivity contribution in [3.8, 4) is 0 Å². The summed E-state index contributed by atoms with van der Waals surface area (Å²) in [5, 5.41) is 3.42. The molecule has 0 bridgehead atoms. The van der Waals surface area contributed by atoms with E-state index in [0.717, 1.165) is 16.5 Å². The van der Waals surface area contributed by atoms with Gasteiger partial charge in [-0.15, -0.1) is 0 Å². The number of nitrogen functional groups attached to an aromatic ring is 1.